The Morgan fingerprint density at radius 1 is 1.07 bits per heavy atom. The molecule has 0 saturated heterocycles. The summed E-state index contributed by atoms with van der Waals surface area (Å²) in [6, 6.07) is 10.2. The Balaban J connectivity index is 2.03. The molecule has 2 aromatic rings. The Labute approximate surface area is 154 Å². The van der Waals surface area contributed by atoms with Gasteiger partial charge in [-0.3, -0.25) is 19.7 Å². The number of rotatable bonds is 9. The van der Waals surface area contributed by atoms with Crippen LogP contribution >= 0.6 is 0 Å². The fourth-order valence-corrected chi connectivity index (χ4v) is 2.24. The highest BCUT2D eigenvalue weighted by Crippen LogP contribution is 2.26. The molecule has 6 N–H and O–H groups in total. The van der Waals surface area contributed by atoms with E-state index in [4.69, 9.17) is 10.8 Å². The SMILES string of the molecule is NC(=O)c1ccc(NC(=O)CNc2cc([N+](=O)[O-])ccc2NCCO)cc1. The molecular weight excluding hydrogens is 354 g/mol. The van der Waals surface area contributed by atoms with Gasteiger partial charge in [-0.2, -0.15) is 0 Å². The number of nitrogens with two attached hydrogens (primary N) is 1. The second-order valence-electron chi connectivity index (χ2n) is 5.48. The topological polar surface area (TPSA) is 160 Å². The minimum absolute atomic E-state index is 0.113. The van der Waals surface area contributed by atoms with E-state index in [2.05, 4.69) is 16.0 Å². The summed E-state index contributed by atoms with van der Waals surface area (Å²) in [5, 5.41) is 28.2. The van der Waals surface area contributed by atoms with Crippen LogP contribution in [0.3, 0.4) is 0 Å². The van der Waals surface area contributed by atoms with Gasteiger partial charge in [0.1, 0.15) is 0 Å². The van der Waals surface area contributed by atoms with E-state index >= 15 is 0 Å². The average molecular weight is 373 g/mol. The van der Waals surface area contributed by atoms with Crippen LogP contribution in [-0.2, 0) is 4.79 Å². The van der Waals surface area contributed by atoms with Crippen molar-refractivity contribution < 1.29 is 19.6 Å². The highest BCUT2D eigenvalue weighted by molar-refractivity contribution is 5.96. The molecule has 0 radical (unpaired) electrons. The summed E-state index contributed by atoms with van der Waals surface area (Å²) in [5.74, 6) is -0.954. The first-order valence-corrected chi connectivity index (χ1v) is 7.97. The lowest BCUT2D eigenvalue weighted by Gasteiger charge is -2.13. The van der Waals surface area contributed by atoms with Crippen LogP contribution in [0.2, 0.25) is 0 Å². The van der Waals surface area contributed by atoms with Crippen LogP contribution in [0.1, 0.15) is 10.4 Å². The molecule has 10 heteroatoms. The third kappa shape index (κ3) is 5.68. The molecule has 0 bridgehead atoms. The Morgan fingerprint density at radius 2 is 1.78 bits per heavy atom. The summed E-state index contributed by atoms with van der Waals surface area (Å²) in [5.41, 5.74) is 6.70. The van der Waals surface area contributed by atoms with Crippen LogP contribution in [0.15, 0.2) is 42.5 Å². The van der Waals surface area contributed by atoms with Gasteiger partial charge in [0.15, 0.2) is 0 Å². The maximum Gasteiger partial charge on any atom is 0.271 e. The van der Waals surface area contributed by atoms with Crippen molar-refractivity contribution in [3.8, 4) is 0 Å². The second-order valence-corrected chi connectivity index (χ2v) is 5.48. The predicted molar refractivity (Wildman–Crippen MR) is 101 cm³/mol. The monoisotopic (exact) mass is 373 g/mol. The van der Waals surface area contributed by atoms with Crippen molar-refractivity contribution in [3.05, 3.63) is 58.1 Å². The number of aliphatic hydroxyl groups excluding tert-OH is 1. The number of nitrogens with one attached hydrogen (secondary N) is 3. The summed E-state index contributed by atoms with van der Waals surface area (Å²) in [4.78, 5) is 33.5. The van der Waals surface area contributed by atoms with Crippen molar-refractivity contribution >= 4 is 34.6 Å². The zero-order chi connectivity index (χ0) is 19.8. The van der Waals surface area contributed by atoms with E-state index in [1.165, 1.54) is 30.3 Å². The van der Waals surface area contributed by atoms with Gasteiger partial charge >= 0.3 is 0 Å². The second kappa shape index (κ2) is 9.15. The number of primary amides is 1. The standard InChI is InChI=1S/C17H19N5O5/c18-17(25)11-1-3-12(4-2-11)21-16(24)10-20-15-9-13(22(26)27)5-6-14(15)19-7-8-23/h1-6,9,19-20,23H,7-8,10H2,(H2,18,25)(H,21,24). The number of amides is 2. The summed E-state index contributed by atoms with van der Waals surface area (Å²) in [6.07, 6.45) is 0. The highest BCUT2D eigenvalue weighted by Gasteiger charge is 2.12. The molecule has 0 saturated carbocycles. The molecule has 0 aliphatic rings. The number of benzene rings is 2. The van der Waals surface area contributed by atoms with E-state index in [0.29, 0.717) is 22.6 Å². The smallest absolute Gasteiger partial charge is 0.271 e. The molecule has 0 fully saturated rings. The summed E-state index contributed by atoms with van der Waals surface area (Å²) >= 11 is 0. The normalized spacial score (nSPS) is 10.1. The number of nitro groups is 1. The van der Waals surface area contributed by atoms with Crippen LogP contribution < -0.4 is 21.7 Å². The van der Waals surface area contributed by atoms with Gasteiger partial charge in [-0.05, 0) is 30.3 Å². The molecule has 2 aromatic carbocycles. The summed E-state index contributed by atoms with van der Waals surface area (Å²) < 4.78 is 0. The summed E-state index contributed by atoms with van der Waals surface area (Å²) in [6.45, 7) is -0.00431. The van der Waals surface area contributed by atoms with Gasteiger partial charge in [0.25, 0.3) is 5.69 Å². The third-order valence-corrected chi connectivity index (χ3v) is 3.53. The summed E-state index contributed by atoms with van der Waals surface area (Å²) in [7, 11) is 0. The molecule has 0 aromatic heterocycles. The van der Waals surface area contributed by atoms with Crippen molar-refractivity contribution in [2.75, 3.05) is 35.6 Å². The van der Waals surface area contributed by atoms with E-state index in [0.717, 1.165) is 0 Å². The minimum Gasteiger partial charge on any atom is -0.395 e. The third-order valence-electron chi connectivity index (χ3n) is 3.53. The molecule has 10 nitrogen and oxygen atoms in total. The van der Waals surface area contributed by atoms with Crippen LogP contribution in [0.5, 0.6) is 0 Å². The van der Waals surface area contributed by atoms with E-state index in [1.807, 2.05) is 0 Å². The Hall–Kier alpha value is -3.66. The quantitative estimate of drug-likeness (QED) is 0.325. The van der Waals surface area contributed by atoms with Gasteiger partial charge in [0.2, 0.25) is 11.8 Å². The fraction of sp³-hybridized carbons (Fsp3) is 0.176. The predicted octanol–water partition coefficient (Wildman–Crippen LogP) is 1.15. The molecular formula is C17H19N5O5. The zero-order valence-electron chi connectivity index (χ0n) is 14.3. The number of nitrogens with zero attached hydrogens (tertiary/aromatic N) is 1. The molecule has 0 atom stereocenters. The maximum atomic E-state index is 12.1. The lowest BCUT2D eigenvalue weighted by Crippen LogP contribution is -2.22. The molecule has 0 spiro atoms. The largest absolute Gasteiger partial charge is 0.395 e. The van der Waals surface area contributed by atoms with Gasteiger partial charge in [0, 0.05) is 29.9 Å². The first-order valence-electron chi connectivity index (χ1n) is 7.97. The van der Waals surface area contributed by atoms with Gasteiger partial charge in [-0.25, -0.2) is 0 Å². The molecule has 2 rings (SSSR count). The number of anilines is 3. The molecule has 27 heavy (non-hydrogen) atoms. The minimum atomic E-state index is -0.567. The van der Waals surface area contributed by atoms with Crippen LogP contribution in [-0.4, -0.2) is 41.5 Å². The number of hydrogen-bond donors (Lipinski definition) is 5. The first-order chi connectivity index (χ1) is 12.9. The lowest BCUT2D eigenvalue weighted by molar-refractivity contribution is -0.384. The number of non-ortho nitro benzene ring substituents is 1. The van der Waals surface area contributed by atoms with Crippen molar-refractivity contribution in [1.82, 2.24) is 0 Å². The van der Waals surface area contributed by atoms with Crippen molar-refractivity contribution in [1.29, 1.82) is 0 Å². The van der Waals surface area contributed by atoms with E-state index < -0.39 is 10.8 Å². The molecule has 0 unspecified atom stereocenters. The Morgan fingerprint density at radius 3 is 2.37 bits per heavy atom. The van der Waals surface area contributed by atoms with Gasteiger partial charge in [-0.1, -0.05) is 0 Å². The first kappa shape index (κ1) is 19.7. The Bertz CT molecular complexity index is 838. The van der Waals surface area contributed by atoms with Crippen molar-refractivity contribution in [3.63, 3.8) is 0 Å². The van der Waals surface area contributed by atoms with Crippen LogP contribution in [0.4, 0.5) is 22.7 Å². The van der Waals surface area contributed by atoms with E-state index in [-0.39, 0.29) is 31.3 Å². The van der Waals surface area contributed by atoms with Gasteiger partial charge in [0.05, 0.1) is 29.4 Å². The lowest BCUT2D eigenvalue weighted by atomic mass is 10.2. The Kier molecular flexibility index (Phi) is 6.67. The number of carbonyl (C=O) groups is 2. The maximum absolute atomic E-state index is 12.1. The van der Waals surface area contributed by atoms with Gasteiger partial charge in [-0.15, -0.1) is 0 Å². The zero-order valence-corrected chi connectivity index (χ0v) is 14.3. The molecule has 2 amide bonds. The van der Waals surface area contributed by atoms with Crippen LogP contribution in [0, 0.1) is 10.1 Å². The number of aliphatic hydroxyl groups is 1. The average Bonchev–Trinajstić information content (AvgIpc) is 2.65. The van der Waals surface area contributed by atoms with Crippen molar-refractivity contribution in [2.45, 2.75) is 0 Å². The van der Waals surface area contributed by atoms with Crippen molar-refractivity contribution in [2.24, 2.45) is 5.73 Å². The highest BCUT2D eigenvalue weighted by atomic mass is 16.6. The fourth-order valence-electron chi connectivity index (χ4n) is 2.24. The molecule has 0 aliphatic heterocycles. The number of carbonyl (C=O) groups excluding carboxylic acids is 2. The molecule has 0 aliphatic carbocycles. The molecule has 0 heterocycles. The number of hydrogen-bond acceptors (Lipinski definition) is 7. The number of nitro benzene ring substituents is 1. The molecule has 142 valence electrons. The van der Waals surface area contributed by atoms with Gasteiger partial charge < -0.3 is 26.8 Å². The van der Waals surface area contributed by atoms with Crippen LogP contribution in [0.25, 0.3) is 0 Å². The van der Waals surface area contributed by atoms with E-state index in [9.17, 15) is 19.7 Å². The van der Waals surface area contributed by atoms with E-state index in [1.54, 1.807) is 12.1 Å².